The first kappa shape index (κ1) is 9.13. The van der Waals surface area contributed by atoms with E-state index < -0.39 is 0 Å². The van der Waals surface area contributed by atoms with Crippen LogP contribution in [-0.4, -0.2) is 4.57 Å². The van der Waals surface area contributed by atoms with Crippen LogP contribution in [0.15, 0.2) is 30.5 Å². The van der Waals surface area contributed by atoms with Crippen LogP contribution in [0.5, 0.6) is 0 Å². The average molecular weight is 188 g/mol. The smallest absolute Gasteiger partial charge is 0.0716 e. The zero-order valence-electron chi connectivity index (χ0n) is 8.70. The molecule has 0 aliphatic rings. The van der Waals surface area contributed by atoms with E-state index in [9.17, 15) is 0 Å². The van der Waals surface area contributed by atoms with Crippen LogP contribution in [0.2, 0.25) is 0 Å². The second-order valence-corrected chi connectivity index (χ2v) is 3.77. The molecule has 2 N–H and O–H groups in total. The van der Waals surface area contributed by atoms with Crippen molar-refractivity contribution in [1.29, 1.82) is 0 Å². The normalized spacial score (nSPS) is 13.3. The van der Waals surface area contributed by atoms with Gasteiger partial charge >= 0.3 is 0 Å². The third-order valence-electron chi connectivity index (χ3n) is 2.84. The van der Waals surface area contributed by atoms with Crippen LogP contribution in [0.4, 0.5) is 5.69 Å². The van der Waals surface area contributed by atoms with Gasteiger partial charge in [0.25, 0.3) is 0 Å². The molecular formula is C12H16N2. The van der Waals surface area contributed by atoms with E-state index in [-0.39, 0.29) is 0 Å². The molecule has 1 aromatic carbocycles. The van der Waals surface area contributed by atoms with Gasteiger partial charge in [-0.3, -0.25) is 0 Å². The molecule has 0 amide bonds. The number of nitrogens with zero attached hydrogens (tertiary/aromatic N) is 1. The standard InChI is InChI=1S/C12H16N2/c1-3-9(2)14-8-7-10-5-4-6-11(13)12(10)14/h4-9H,3,13H2,1-2H3. The molecule has 0 aliphatic carbocycles. The van der Waals surface area contributed by atoms with Gasteiger partial charge in [0.2, 0.25) is 0 Å². The van der Waals surface area contributed by atoms with E-state index in [1.807, 2.05) is 12.1 Å². The summed E-state index contributed by atoms with van der Waals surface area (Å²) in [5, 5.41) is 1.23. The molecule has 2 aromatic rings. The fraction of sp³-hybridized carbons (Fsp3) is 0.333. The van der Waals surface area contributed by atoms with Gasteiger partial charge in [0.15, 0.2) is 0 Å². The maximum absolute atomic E-state index is 5.97. The number of aromatic nitrogens is 1. The highest BCUT2D eigenvalue weighted by Crippen LogP contribution is 2.26. The SMILES string of the molecule is CCC(C)n1ccc2cccc(N)c21. The second kappa shape index (κ2) is 3.37. The van der Waals surface area contributed by atoms with Gasteiger partial charge in [-0.2, -0.15) is 0 Å². The Balaban J connectivity index is 2.67. The van der Waals surface area contributed by atoms with Crippen LogP contribution in [0, 0.1) is 0 Å². The number of benzene rings is 1. The Labute approximate surface area is 84.3 Å². The van der Waals surface area contributed by atoms with E-state index in [0.29, 0.717) is 6.04 Å². The zero-order chi connectivity index (χ0) is 10.1. The molecule has 14 heavy (non-hydrogen) atoms. The number of hydrogen-bond acceptors (Lipinski definition) is 1. The molecule has 1 heterocycles. The van der Waals surface area contributed by atoms with E-state index in [4.69, 9.17) is 5.73 Å². The number of fused-ring (bicyclic) bond motifs is 1. The van der Waals surface area contributed by atoms with Crippen molar-refractivity contribution in [2.45, 2.75) is 26.3 Å². The first-order chi connectivity index (χ1) is 6.74. The molecule has 0 saturated carbocycles. The van der Waals surface area contributed by atoms with E-state index >= 15 is 0 Å². The summed E-state index contributed by atoms with van der Waals surface area (Å²) in [4.78, 5) is 0. The van der Waals surface area contributed by atoms with E-state index in [1.165, 1.54) is 10.9 Å². The summed E-state index contributed by atoms with van der Waals surface area (Å²) in [6.07, 6.45) is 3.24. The molecule has 2 heteroatoms. The number of anilines is 1. The number of nitrogen functional groups attached to an aromatic ring is 1. The Bertz CT molecular complexity index is 443. The third-order valence-corrected chi connectivity index (χ3v) is 2.84. The Morgan fingerprint density at radius 1 is 1.36 bits per heavy atom. The van der Waals surface area contributed by atoms with Crippen molar-refractivity contribution in [3.05, 3.63) is 30.5 Å². The van der Waals surface area contributed by atoms with Gasteiger partial charge < -0.3 is 10.3 Å². The lowest BCUT2D eigenvalue weighted by molar-refractivity contribution is 0.548. The van der Waals surface area contributed by atoms with Crippen molar-refractivity contribution in [2.24, 2.45) is 0 Å². The van der Waals surface area contributed by atoms with Gasteiger partial charge in [0.05, 0.1) is 11.2 Å². The molecule has 0 spiro atoms. The van der Waals surface area contributed by atoms with E-state index in [1.54, 1.807) is 0 Å². The Morgan fingerprint density at radius 2 is 2.14 bits per heavy atom. The molecule has 0 fully saturated rings. The lowest BCUT2D eigenvalue weighted by Crippen LogP contribution is -2.03. The molecule has 0 saturated heterocycles. The van der Waals surface area contributed by atoms with Gasteiger partial charge in [-0.25, -0.2) is 0 Å². The molecule has 2 rings (SSSR count). The van der Waals surface area contributed by atoms with Crippen molar-refractivity contribution >= 4 is 16.6 Å². The monoisotopic (exact) mass is 188 g/mol. The molecule has 0 bridgehead atoms. The third kappa shape index (κ3) is 1.27. The van der Waals surface area contributed by atoms with Gasteiger partial charge in [-0.1, -0.05) is 19.1 Å². The van der Waals surface area contributed by atoms with Crippen LogP contribution in [0.25, 0.3) is 10.9 Å². The minimum absolute atomic E-state index is 0.511. The molecule has 2 nitrogen and oxygen atoms in total. The number of rotatable bonds is 2. The predicted octanol–water partition coefficient (Wildman–Crippen LogP) is 3.19. The maximum atomic E-state index is 5.97. The van der Waals surface area contributed by atoms with Crippen molar-refractivity contribution in [3.63, 3.8) is 0 Å². The summed E-state index contributed by atoms with van der Waals surface area (Å²) in [5.74, 6) is 0. The summed E-state index contributed by atoms with van der Waals surface area (Å²) < 4.78 is 2.25. The van der Waals surface area contributed by atoms with Crippen LogP contribution < -0.4 is 5.73 Å². The van der Waals surface area contributed by atoms with E-state index in [0.717, 1.165) is 12.1 Å². The van der Waals surface area contributed by atoms with Gasteiger partial charge in [-0.05, 0) is 25.5 Å². The Morgan fingerprint density at radius 3 is 2.86 bits per heavy atom. The summed E-state index contributed by atoms with van der Waals surface area (Å²) in [5.41, 5.74) is 8.01. The van der Waals surface area contributed by atoms with Crippen LogP contribution in [0.1, 0.15) is 26.3 Å². The summed E-state index contributed by atoms with van der Waals surface area (Å²) >= 11 is 0. The number of hydrogen-bond donors (Lipinski definition) is 1. The Kier molecular flexibility index (Phi) is 2.20. The molecule has 1 unspecified atom stereocenters. The highest BCUT2D eigenvalue weighted by molar-refractivity contribution is 5.90. The fourth-order valence-corrected chi connectivity index (χ4v) is 1.81. The van der Waals surface area contributed by atoms with Crippen molar-refractivity contribution < 1.29 is 0 Å². The fourth-order valence-electron chi connectivity index (χ4n) is 1.81. The topological polar surface area (TPSA) is 30.9 Å². The van der Waals surface area contributed by atoms with E-state index in [2.05, 4.69) is 36.7 Å². The molecule has 74 valence electrons. The highest BCUT2D eigenvalue weighted by Gasteiger charge is 2.07. The highest BCUT2D eigenvalue weighted by atomic mass is 15.0. The lowest BCUT2D eigenvalue weighted by atomic mass is 10.2. The minimum atomic E-state index is 0.511. The predicted molar refractivity (Wildman–Crippen MR) is 61.4 cm³/mol. The average Bonchev–Trinajstić information content (AvgIpc) is 2.62. The second-order valence-electron chi connectivity index (χ2n) is 3.77. The molecule has 0 radical (unpaired) electrons. The van der Waals surface area contributed by atoms with Crippen LogP contribution >= 0.6 is 0 Å². The van der Waals surface area contributed by atoms with Gasteiger partial charge in [0.1, 0.15) is 0 Å². The zero-order valence-corrected chi connectivity index (χ0v) is 8.70. The molecule has 1 atom stereocenters. The first-order valence-electron chi connectivity index (χ1n) is 5.09. The maximum Gasteiger partial charge on any atom is 0.0716 e. The quantitative estimate of drug-likeness (QED) is 0.721. The summed E-state index contributed by atoms with van der Waals surface area (Å²) in [7, 11) is 0. The number of para-hydroxylation sites is 1. The Hall–Kier alpha value is -1.44. The van der Waals surface area contributed by atoms with Crippen molar-refractivity contribution in [2.75, 3.05) is 5.73 Å². The van der Waals surface area contributed by atoms with Crippen LogP contribution in [-0.2, 0) is 0 Å². The minimum Gasteiger partial charge on any atom is -0.397 e. The first-order valence-corrected chi connectivity index (χ1v) is 5.09. The van der Waals surface area contributed by atoms with Crippen molar-refractivity contribution in [3.8, 4) is 0 Å². The number of nitrogens with two attached hydrogens (primary N) is 1. The summed E-state index contributed by atoms with van der Waals surface area (Å²) in [6, 6.07) is 8.69. The van der Waals surface area contributed by atoms with Gasteiger partial charge in [-0.15, -0.1) is 0 Å². The van der Waals surface area contributed by atoms with Gasteiger partial charge in [0, 0.05) is 17.6 Å². The molecule has 1 aromatic heterocycles. The molecular weight excluding hydrogens is 172 g/mol. The van der Waals surface area contributed by atoms with Crippen LogP contribution in [0.3, 0.4) is 0 Å². The lowest BCUT2D eigenvalue weighted by Gasteiger charge is -2.13. The van der Waals surface area contributed by atoms with Crippen molar-refractivity contribution in [1.82, 2.24) is 4.57 Å². The largest absolute Gasteiger partial charge is 0.397 e. The molecule has 0 aliphatic heterocycles. The summed E-state index contributed by atoms with van der Waals surface area (Å²) in [6.45, 7) is 4.40.